The first-order chi connectivity index (χ1) is 12.2. The van der Waals surface area contributed by atoms with E-state index in [-0.39, 0.29) is 5.78 Å². The number of hydrogen-bond donors (Lipinski definition) is 1. The number of carbonyl (C=O) groups excluding carboxylic acids is 1. The van der Waals surface area contributed by atoms with Crippen molar-refractivity contribution < 1.29 is 4.79 Å². The van der Waals surface area contributed by atoms with Crippen LogP contribution in [0.1, 0.15) is 17.4 Å². The highest BCUT2D eigenvalue weighted by molar-refractivity contribution is 7.20. The van der Waals surface area contributed by atoms with Gasteiger partial charge in [0, 0.05) is 16.9 Å². The van der Waals surface area contributed by atoms with Gasteiger partial charge in [0.15, 0.2) is 0 Å². The molecular weight excluding hydrogens is 352 g/mol. The summed E-state index contributed by atoms with van der Waals surface area (Å²) in [6, 6.07) is 12.1. The zero-order chi connectivity index (χ0) is 17.2. The molecule has 0 fully saturated rings. The number of carbonyl (C=O) groups is 1. The molecule has 25 heavy (non-hydrogen) atoms. The van der Waals surface area contributed by atoms with Gasteiger partial charge in [-0.05, 0) is 30.0 Å². The molecule has 4 rings (SSSR count). The van der Waals surface area contributed by atoms with Gasteiger partial charge >= 0.3 is 0 Å². The molecule has 3 heterocycles. The Morgan fingerprint density at radius 1 is 1.28 bits per heavy atom. The first-order valence-corrected chi connectivity index (χ1v) is 9.58. The molecule has 0 aliphatic heterocycles. The molecule has 0 spiro atoms. The number of rotatable bonds is 6. The molecule has 7 heteroatoms. The predicted molar refractivity (Wildman–Crippen MR) is 102 cm³/mol. The Kier molecular flexibility index (Phi) is 4.33. The summed E-state index contributed by atoms with van der Waals surface area (Å²) in [5, 5.41) is 10.9. The molecule has 0 atom stereocenters. The second-order valence-electron chi connectivity index (χ2n) is 5.76. The number of Topliss-reactive ketones (excluding diaryl/α,β-unsaturated/α-hetero) is 1. The highest BCUT2D eigenvalue weighted by Crippen LogP contribution is 2.27. The second-order valence-corrected chi connectivity index (χ2v) is 7.75. The van der Waals surface area contributed by atoms with Crippen LogP contribution >= 0.6 is 22.7 Å². The summed E-state index contributed by atoms with van der Waals surface area (Å²) in [4.78, 5) is 17.9. The predicted octanol–water partition coefficient (Wildman–Crippen LogP) is 4.26. The van der Waals surface area contributed by atoms with Gasteiger partial charge in [-0.15, -0.1) is 16.4 Å². The van der Waals surface area contributed by atoms with Crippen LogP contribution in [0, 0.1) is 0 Å². The lowest BCUT2D eigenvalue weighted by Crippen LogP contribution is -1.99. The van der Waals surface area contributed by atoms with Crippen LogP contribution in [-0.2, 0) is 17.8 Å². The highest BCUT2D eigenvalue weighted by Gasteiger charge is 2.12. The first kappa shape index (κ1) is 16.0. The van der Waals surface area contributed by atoms with Crippen LogP contribution in [0.25, 0.3) is 16.2 Å². The number of imidazole rings is 1. The fourth-order valence-electron chi connectivity index (χ4n) is 2.66. The van der Waals surface area contributed by atoms with E-state index in [0.29, 0.717) is 6.42 Å². The SMILES string of the molecule is CC(=O)Cc1cccc(-c2cnc3sc(NCc4cccs4)nn23)c1. The Hall–Kier alpha value is -2.51. The molecule has 3 aromatic heterocycles. The summed E-state index contributed by atoms with van der Waals surface area (Å²) in [6.07, 6.45) is 2.27. The lowest BCUT2D eigenvalue weighted by Gasteiger charge is -2.03. The van der Waals surface area contributed by atoms with Gasteiger partial charge in [-0.25, -0.2) is 9.50 Å². The molecule has 1 N–H and O–H groups in total. The van der Waals surface area contributed by atoms with Crippen LogP contribution in [0.15, 0.2) is 48.0 Å². The van der Waals surface area contributed by atoms with Crippen LogP contribution in [0.2, 0.25) is 0 Å². The van der Waals surface area contributed by atoms with E-state index in [1.165, 1.54) is 16.2 Å². The maximum Gasteiger partial charge on any atom is 0.214 e. The number of ketones is 1. The molecule has 1 aromatic carbocycles. The maximum atomic E-state index is 11.4. The number of benzene rings is 1. The van der Waals surface area contributed by atoms with Crippen molar-refractivity contribution in [3.05, 3.63) is 58.4 Å². The molecule has 126 valence electrons. The Bertz CT molecular complexity index is 1020. The standard InChI is InChI=1S/C18H16N4OS2/c1-12(23)8-13-4-2-5-14(9-13)16-11-20-18-22(16)21-17(25-18)19-10-15-6-3-7-24-15/h2-7,9,11H,8,10H2,1H3,(H,19,21). The number of nitrogens with zero attached hydrogens (tertiary/aromatic N) is 3. The van der Waals surface area contributed by atoms with Gasteiger partial charge in [0.25, 0.3) is 0 Å². The van der Waals surface area contributed by atoms with E-state index in [1.807, 2.05) is 41.0 Å². The molecule has 0 amide bonds. The number of fused-ring (bicyclic) bond motifs is 1. The fourth-order valence-corrected chi connectivity index (χ4v) is 4.08. The van der Waals surface area contributed by atoms with Crippen LogP contribution in [-0.4, -0.2) is 20.4 Å². The molecular formula is C18H16N4OS2. The van der Waals surface area contributed by atoms with Crippen molar-refractivity contribution in [2.24, 2.45) is 0 Å². The first-order valence-electron chi connectivity index (χ1n) is 7.88. The molecule has 0 aliphatic carbocycles. The average molecular weight is 368 g/mol. The topological polar surface area (TPSA) is 59.3 Å². The van der Waals surface area contributed by atoms with Crippen LogP contribution in [0.3, 0.4) is 0 Å². The van der Waals surface area contributed by atoms with Crippen molar-refractivity contribution in [2.75, 3.05) is 5.32 Å². The fraction of sp³-hybridized carbons (Fsp3) is 0.167. The zero-order valence-corrected chi connectivity index (χ0v) is 15.2. The molecule has 0 aliphatic rings. The number of anilines is 1. The number of hydrogen-bond acceptors (Lipinski definition) is 6. The third-order valence-corrected chi connectivity index (χ3v) is 5.51. The highest BCUT2D eigenvalue weighted by atomic mass is 32.1. The second kappa shape index (κ2) is 6.78. The minimum absolute atomic E-state index is 0.157. The van der Waals surface area contributed by atoms with Gasteiger partial charge in [0.2, 0.25) is 10.1 Å². The van der Waals surface area contributed by atoms with E-state index in [2.05, 4.69) is 26.8 Å². The third kappa shape index (κ3) is 3.47. The molecule has 0 saturated heterocycles. The summed E-state index contributed by atoms with van der Waals surface area (Å²) in [5.41, 5.74) is 2.95. The summed E-state index contributed by atoms with van der Waals surface area (Å²) in [5.74, 6) is 0.157. The van der Waals surface area contributed by atoms with Crippen LogP contribution < -0.4 is 5.32 Å². The van der Waals surface area contributed by atoms with Crippen LogP contribution in [0.5, 0.6) is 0 Å². The Morgan fingerprint density at radius 2 is 2.20 bits per heavy atom. The summed E-state index contributed by atoms with van der Waals surface area (Å²) >= 11 is 3.25. The van der Waals surface area contributed by atoms with Gasteiger partial charge in [0.1, 0.15) is 5.78 Å². The quantitative estimate of drug-likeness (QED) is 0.552. The van der Waals surface area contributed by atoms with Gasteiger partial charge in [0.05, 0.1) is 18.4 Å². The Morgan fingerprint density at radius 3 is 3.00 bits per heavy atom. The third-order valence-electron chi connectivity index (χ3n) is 3.76. The number of nitrogens with one attached hydrogen (secondary N) is 1. The van der Waals surface area contributed by atoms with Crippen molar-refractivity contribution in [3.8, 4) is 11.3 Å². The largest absolute Gasteiger partial charge is 0.355 e. The van der Waals surface area contributed by atoms with Gasteiger partial charge in [-0.3, -0.25) is 4.79 Å². The van der Waals surface area contributed by atoms with E-state index in [4.69, 9.17) is 0 Å². The van der Waals surface area contributed by atoms with E-state index < -0.39 is 0 Å². The zero-order valence-electron chi connectivity index (χ0n) is 13.6. The van der Waals surface area contributed by atoms with Gasteiger partial charge in [-0.2, -0.15) is 0 Å². The smallest absolute Gasteiger partial charge is 0.214 e. The lowest BCUT2D eigenvalue weighted by molar-refractivity contribution is -0.116. The van der Waals surface area contributed by atoms with Crippen LogP contribution in [0.4, 0.5) is 5.13 Å². The van der Waals surface area contributed by atoms with Crippen molar-refractivity contribution in [1.82, 2.24) is 14.6 Å². The van der Waals surface area contributed by atoms with Crippen molar-refractivity contribution >= 4 is 38.5 Å². The summed E-state index contributed by atoms with van der Waals surface area (Å²) < 4.78 is 1.86. The Balaban J connectivity index is 1.61. The van der Waals surface area contributed by atoms with Crippen molar-refractivity contribution in [1.29, 1.82) is 0 Å². The minimum Gasteiger partial charge on any atom is -0.355 e. The summed E-state index contributed by atoms with van der Waals surface area (Å²) in [7, 11) is 0. The molecule has 4 aromatic rings. The number of aromatic nitrogens is 3. The molecule has 0 saturated carbocycles. The lowest BCUT2D eigenvalue weighted by atomic mass is 10.0. The normalized spacial score (nSPS) is 11.1. The molecule has 5 nitrogen and oxygen atoms in total. The average Bonchev–Trinajstić information content (AvgIpc) is 3.29. The Labute approximate surface area is 153 Å². The number of thiophene rings is 1. The monoisotopic (exact) mass is 368 g/mol. The van der Waals surface area contributed by atoms with E-state index in [0.717, 1.165) is 33.5 Å². The maximum absolute atomic E-state index is 11.4. The van der Waals surface area contributed by atoms with E-state index >= 15 is 0 Å². The molecule has 0 unspecified atom stereocenters. The van der Waals surface area contributed by atoms with E-state index in [9.17, 15) is 4.79 Å². The molecule has 0 bridgehead atoms. The molecule has 0 radical (unpaired) electrons. The van der Waals surface area contributed by atoms with Gasteiger partial charge in [-0.1, -0.05) is 35.6 Å². The summed E-state index contributed by atoms with van der Waals surface area (Å²) in [6.45, 7) is 2.37. The van der Waals surface area contributed by atoms with Gasteiger partial charge < -0.3 is 5.32 Å². The van der Waals surface area contributed by atoms with E-state index in [1.54, 1.807) is 18.3 Å². The minimum atomic E-state index is 0.157. The van der Waals surface area contributed by atoms with Crippen molar-refractivity contribution in [2.45, 2.75) is 19.9 Å². The van der Waals surface area contributed by atoms with Crippen molar-refractivity contribution in [3.63, 3.8) is 0 Å².